The highest BCUT2D eigenvalue weighted by atomic mass is 32.2. The Kier molecular flexibility index (Phi) is 4.10. The number of benzene rings is 2. The van der Waals surface area contributed by atoms with E-state index in [-0.39, 0.29) is 22.7 Å². The largest absolute Gasteiger partial charge is 0.396 e. The van der Waals surface area contributed by atoms with E-state index >= 15 is 0 Å². The van der Waals surface area contributed by atoms with Crippen molar-refractivity contribution in [2.75, 3.05) is 10.5 Å². The third-order valence-electron chi connectivity index (χ3n) is 2.76. The molecule has 2 aromatic carbocycles. The average molecular weight is 305 g/mol. The number of hydrogen-bond donors (Lipinski definition) is 2. The molecule has 2 aromatic rings. The van der Waals surface area contributed by atoms with Crippen molar-refractivity contribution in [1.82, 2.24) is 0 Å². The number of hydrogen-bond acceptors (Lipinski definition) is 4. The lowest BCUT2D eigenvalue weighted by Crippen LogP contribution is -2.16. The molecule has 0 bridgehead atoms. The van der Waals surface area contributed by atoms with Gasteiger partial charge < -0.3 is 5.73 Å². The Hall–Kier alpha value is -2.59. The molecule has 5 nitrogen and oxygen atoms in total. The van der Waals surface area contributed by atoms with Crippen LogP contribution in [0.5, 0.6) is 0 Å². The van der Waals surface area contributed by atoms with E-state index in [1.165, 1.54) is 18.2 Å². The van der Waals surface area contributed by atoms with Crippen LogP contribution in [0.25, 0.3) is 0 Å². The molecular formula is C14H12FN3O2S. The van der Waals surface area contributed by atoms with Crippen molar-refractivity contribution >= 4 is 21.4 Å². The molecule has 0 saturated heterocycles. The molecule has 7 heteroatoms. The smallest absolute Gasteiger partial charge is 0.236 e. The molecule has 0 amide bonds. The SMILES string of the molecule is N#Cc1ccccc1CS(=O)(=O)Nc1ccc(N)c(F)c1. The van der Waals surface area contributed by atoms with E-state index < -0.39 is 15.8 Å². The average Bonchev–Trinajstić information content (AvgIpc) is 2.43. The third-order valence-corrected chi connectivity index (χ3v) is 3.99. The molecule has 0 spiro atoms. The van der Waals surface area contributed by atoms with Gasteiger partial charge in [0.15, 0.2) is 0 Å². The van der Waals surface area contributed by atoms with Crippen molar-refractivity contribution in [2.45, 2.75) is 5.75 Å². The zero-order valence-corrected chi connectivity index (χ0v) is 11.7. The molecule has 108 valence electrons. The Morgan fingerprint density at radius 1 is 1.24 bits per heavy atom. The number of nitrogen functional groups attached to an aromatic ring is 1. The summed E-state index contributed by atoms with van der Waals surface area (Å²) in [5.41, 5.74) is 6.00. The maximum absolute atomic E-state index is 13.3. The molecular weight excluding hydrogens is 293 g/mol. The van der Waals surface area contributed by atoms with Crippen molar-refractivity contribution < 1.29 is 12.8 Å². The Bertz CT molecular complexity index is 813. The van der Waals surface area contributed by atoms with Crippen LogP contribution in [0.2, 0.25) is 0 Å². The number of nitrogens with zero attached hydrogens (tertiary/aromatic N) is 1. The maximum Gasteiger partial charge on any atom is 0.236 e. The fourth-order valence-corrected chi connectivity index (χ4v) is 2.99. The standard InChI is InChI=1S/C14H12FN3O2S/c15-13-7-12(5-6-14(13)17)18-21(19,20)9-11-4-2-1-3-10(11)8-16/h1-7,18H,9,17H2. The number of sulfonamides is 1. The number of nitriles is 1. The lowest BCUT2D eigenvalue weighted by atomic mass is 10.1. The summed E-state index contributed by atoms with van der Waals surface area (Å²) in [6.07, 6.45) is 0. The molecule has 0 unspecified atom stereocenters. The van der Waals surface area contributed by atoms with Crippen molar-refractivity contribution in [3.8, 4) is 6.07 Å². The molecule has 0 aliphatic heterocycles. The van der Waals surface area contributed by atoms with Crippen LogP contribution in [0.4, 0.5) is 15.8 Å². The van der Waals surface area contributed by atoms with E-state index in [1.54, 1.807) is 18.2 Å². The van der Waals surface area contributed by atoms with Crippen molar-refractivity contribution in [3.05, 3.63) is 59.4 Å². The monoisotopic (exact) mass is 305 g/mol. The number of anilines is 2. The highest BCUT2D eigenvalue weighted by molar-refractivity contribution is 7.91. The predicted octanol–water partition coefficient (Wildman–Crippen LogP) is 2.22. The zero-order chi connectivity index (χ0) is 15.5. The van der Waals surface area contributed by atoms with Crippen molar-refractivity contribution in [3.63, 3.8) is 0 Å². The summed E-state index contributed by atoms with van der Waals surface area (Å²) in [6, 6.07) is 12.0. The first-order valence-electron chi connectivity index (χ1n) is 5.95. The van der Waals surface area contributed by atoms with Crippen LogP contribution in [0.3, 0.4) is 0 Å². The number of rotatable bonds is 4. The van der Waals surface area contributed by atoms with Gasteiger partial charge in [-0.05, 0) is 23.8 Å². The van der Waals surface area contributed by atoms with Crippen LogP contribution in [0.15, 0.2) is 42.5 Å². The molecule has 0 aromatic heterocycles. The molecule has 0 aliphatic carbocycles. The molecule has 21 heavy (non-hydrogen) atoms. The Labute approximate surface area is 121 Å². The van der Waals surface area contributed by atoms with Gasteiger partial charge in [-0.3, -0.25) is 4.72 Å². The first-order chi connectivity index (χ1) is 9.91. The van der Waals surface area contributed by atoms with Gasteiger partial charge in [0.2, 0.25) is 10.0 Å². The summed E-state index contributed by atoms with van der Waals surface area (Å²) in [7, 11) is -3.76. The van der Waals surface area contributed by atoms with Gasteiger partial charge in [0.05, 0.1) is 28.8 Å². The summed E-state index contributed by atoms with van der Waals surface area (Å²) < 4.78 is 39.7. The second-order valence-corrected chi connectivity index (χ2v) is 6.09. The number of nitrogens with two attached hydrogens (primary N) is 1. The predicted molar refractivity (Wildman–Crippen MR) is 78.2 cm³/mol. The van der Waals surface area contributed by atoms with Gasteiger partial charge in [0.1, 0.15) is 5.82 Å². The summed E-state index contributed by atoms with van der Waals surface area (Å²) in [5.74, 6) is -1.07. The highest BCUT2D eigenvalue weighted by Gasteiger charge is 2.15. The van der Waals surface area contributed by atoms with Crippen molar-refractivity contribution in [1.29, 1.82) is 5.26 Å². The summed E-state index contributed by atoms with van der Waals surface area (Å²) in [6.45, 7) is 0. The Morgan fingerprint density at radius 3 is 2.62 bits per heavy atom. The third kappa shape index (κ3) is 3.70. The highest BCUT2D eigenvalue weighted by Crippen LogP contribution is 2.19. The van der Waals surface area contributed by atoms with Gasteiger partial charge in [-0.2, -0.15) is 5.26 Å². The van der Waals surface area contributed by atoms with E-state index in [2.05, 4.69) is 4.72 Å². The molecule has 0 atom stereocenters. The molecule has 3 N–H and O–H groups in total. The normalized spacial score (nSPS) is 10.9. The number of halogens is 1. The first kappa shape index (κ1) is 14.8. The lowest BCUT2D eigenvalue weighted by Gasteiger charge is -2.09. The fraction of sp³-hybridized carbons (Fsp3) is 0.0714. The number of nitrogens with one attached hydrogen (secondary N) is 1. The lowest BCUT2D eigenvalue weighted by molar-refractivity contribution is 0.600. The van der Waals surface area contributed by atoms with Gasteiger partial charge in [-0.25, -0.2) is 12.8 Å². The minimum atomic E-state index is -3.76. The minimum Gasteiger partial charge on any atom is -0.396 e. The molecule has 0 heterocycles. The Balaban J connectivity index is 2.23. The molecule has 0 radical (unpaired) electrons. The van der Waals surface area contributed by atoms with Crippen LogP contribution in [0, 0.1) is 17.1 Å². The first-order valence-corrected chi connectivity index (χ1v) is 7.60. The molecule has 0 fully saturated rings. The van der Waals surface area contributed by atoms with E-state index in [9.17, 15) is 12.8 Å². The van der Waals surface area contributed by atoms with Crippen LogP contribution in [-0.2, 0) is 15.8 Å². The summed E-state index contributed by atoms with van der Waals surface area (Å²) in [5, 5.41) is 8.94. The van der Waals surface area contributed by atoms with Crippen LogP contribution in [-0.4, -0.2) is 8.42 Å². The van der Waals surface area contributed by atoms with Gasteiger partial charge in [-0.15, -0.1) is 0 Å². The topological polar surface area (TPSA) is 96.0 Å². The van der Waals surface area contributed by atoms with Crippen molar-refractivity contribution in [2.24, 2.45) is 0 Å². The van der Waals surface area contributed by atoms with Crippen LogP contribution in [0.1, 0.15) is 11.1 Å². The summed E-state index contributed by atoms with van der Waals surface area (Å²) in [4.78, 5) is 0. The van der Waals surface area contributed by atoms with Gasteiger partial charge in [-0.1, -0.05) is 18.2 Å². The maximum atomic E-state index is 13.3. The van der Waals surface area contributed by atoms with Gasteiger partial charge >= 0.3 is 0 Å². The molecule has 2 rings (SSSR count). The van der Waals surface area contributed by atoms with E-state index in [4.69, 9.17) is 11.0 Å². The summed E-state index contributed by atoms with van der Waals surface area (Å²) >= 11 is 0. The van der Waals surface area contributed by atoms with Gasteiger partial charge in [0.25, 0.3) is 0 Å². The molecule has 0 aliphatic rings. The minimum absolute atomic E-state index is 0.0622. The quantitative estimate of drug-likeness (QED) is 0.846. The second kappa shape index (κ2) is 5.81. The van der Waals surface area contributed by atoms with Gasteiger partial charge in [0, 0.05) is 6.07 Å². The fourth-order valence-electron chi connectivity index (χ4n) is 1.77. The molecule has 0 saturated carbocycles. The van der Waals surface area contributed by atoms with E-state index in [0.717, 1.165) is 6.07 Å². The van der Waals surface area contributed by atoms with Crippen LogP contribution >= 0.6 is 0 Å². The second-order valence-electron chi connectivity index (χ2n) is 4.37. The zero-order valence-electron chi connectivity index (χ0n) is 10.9. The van der Waals surface area contributed by atoms with E-state index in [1.807, 2.05) is 6.07 Å². The Morgan fingerprint density at radius 2 is 1.95 bits per heavy atom. The van der Waals surface area contributed by atoms with E-state index in [0.29, 0.717) is 5.56 Å². The van der Waals surface area contributed by atoms with Crippen LogP contribution < -0.4 is 10.5 Å².